The second kappa shape index (κ2) is 14.6. The maximum absolute atomic E-state index is 14.7. The van der Waals surface area contributed by atoms with Gasteiger partial charge < -0.3 is 19.5 Å². The number of alkyl carbamates (subject to hydrolysis) is 1. The van der Waals surface area contributed by atoms with Gasteiger partial charge in [-0.1, -0.05) is 104 Å². The average molecular weight is 634 g/mol. The van der Waals surface area contributed by atoms with Gasteiger partial charge in [0.2, 0.25) is 0 Å². The van der Waals surface area contributed by atoms with Crippen molar-refractivity contribution in [2.45, 2.75) is 83.1 Å². The molecule has 8 nitrogen and oxygen atoms in total. The monoisotopic (exact) mass is 633 g/mol. The van der Waals surface area contributed by atoms with Crippen LogP contribution in [0.15, 0.2) is 97.3 Å². The Balaban J connectivity index is 1.31. The van der Waals surface area contributed by atoms with Crippen LogP contribution in [-0.4, -0.2) is 68.7 Å². The third kappa shape index (κ3) is 8.11. The van der Waals surface area contributed by atoms with Gasteiger partial charge in [0.05, 0.1) is 24.1 Å². The summed E-state index contributed by atoms with van der Waals surface area (Å²) < 4.78 is 7.77. The van der Waals surface area contributed by atoms with E-state index in [0.717, 1.165) is 63.0 Å². The molecule has 2 amide bonds. The van der Waals surface area contributed by atoms with E-state index in [1.54, 1.807) is 0 Å². The average Bonchev–Trinajstić information content (AvgIpc) is 3.50. The molecule has 2 aliphatic rings. The maximum atomic E-state index is 14.7. The number of hydrogen-bond acceptors (Lipinski definition) is 5. The summed E-state index contributed by atoms with van der Waals surface area (Å²) in [5.74, 6) is -0.0460. The molecule has 6 rings (SSSR count). The van der Waals surface area contributed by atoms with Gasteiger partial charge in [-0.05, 0) is 51.2 Å². The first-order chi connectivity index (χ1) is 22.7. The van der Waals surface area contributed by atoms with E-state index in [-0.39, 0.29) is 24.0 Å². The Hall–Kier alpha value is -4.43. The van der Waals surface area contributed by atoms with Gasteiger partial charge in [-0.2, -0.15) is 0 Å². The van der Waals surface area contributed by atoms with Crippen molar-refractivity contribution in [3.8, 4) is 11.3 Å². The highest BCUT2D eigenvalue weighted by atomic mass is 16.6. The van der Waals surface area contributed by atoms with E-state index in [1.165, 1.54) is 11.1 Å². The normalized spacial score (nSPS) is 20.5. The van der Waals surface area contributed by atoms with E-state index in [2.05, 4.69) is 63.3 Å². The number of amides is 2. The summed E-state index contributed by atoms with van der Waals surface area (Å²) in [6.45, 7) is 8.66. The largest absolute Gasteiger partial charge is 0.444 e. The Kier molecular flexibility index (Phi) is 10.1. The zero-order valence-corrected chi connectivity index (χ0v) is 27.8. The highest BCUT2D eigenvalue weighted by Gasteiger charge is 2.37. The molecule has 3 aromatic carbocycles. The third-order valence-corrected chi connectivity index (χ3v) is 9.22. The van der Waals surface area contributed by atoms with Crippen molar-refractivity contribution in [2.24, 2.45) is 0 Å². The summed E-state index contributed by atoms with van der Waals surface area (Å²) >= 11 is 0. The Morgan fingerprint density at radius 2 is 1.49 bits per heavy atom. The molecule has 0 spiro atoms. The van der Waals surface area contributed by atoms with Gasteiger partial charge in [0, 0.05) is 37.8 Å². The van der Waals surface area contributed by atoms with E-state index in [4.69, 9.17) is 9.72 Å². The number of hydrogen-bond donors (Lipinski definition) is 1. The Morgan fingerprint density at radius 3 is 2.17 bits per heavy atom. The first-order valence-electron chi connectivity index (χ1n) is 17.0. The van der Waals surface area contributed by atoms with Crippen LogP contribution in [0.4, 0.5) is 4.79 Å². The lowest BCUT2D eigenvalue weighted by Gasteiger charge is -2.41. The van der Waals surface area contributed by atoms with Gasteiger partial charge in [0.25, 0.3) is 5.91 Å². The molecule has 1 aliphatic carbocycles. The molecule has 1 N–H and O–H groups in total. The van der Waals surface area contributed by atoms with E-state index in [1.807, 2.05) is 74.5 Å². The number of ether oxygens (including phenoxy) is 1. The van der Waals surface area contributed by atoms with Crippen LogP contribution >= 0.6 is 0 Å². The Bertz CT molecular complexity index is 1620. The van der Waals surface area contributed by atoms with Gasteiger partial charge in [-0.3, -0.25) is 9.69 Å². The van der Waals surface area contributed by atoms with Crippen molar-refractivity contribution in [1.82, 2.24) is 24.7 Å². The minimum atomic E-state index is -0.584. The van der Waals surface area contributed by atoms with E-state index in [9.17, 15) is 9.59 Å². The van der Waals surface area contributed by atoms with E-state index < -0.39 is 11.7 Å². The van der Waals surface area contributed by atoms with Crippen molar-refractivity contribution < 1.29 is 14.3 Å². The molecule has 246 valence electrons. The molecule has 0 radical (unpaired) electrons. The summed E-state index contributed by atoms with van der Waals surface area (Å²) in [6, 6.07) is 30.9. The standard InChI is InChI=1S/C39H47N5O3/c1-39(2,3)47-38(46)41-33-21-13-14-22-34(33)44-28-40-35(36(44)31-19-11-6-12-20-31)37(45)43-24-23-42(26-30-17-9-5-10-18-30)27-32(43)25-29-15-7-4-8-16-29/h4-12,15-20,28,32-34H,13-14,21-27H2,1-3H3,(H,41,46)/t32-,33+,34+/m1/s1. The molecule has 47 heavy (non-hydrogen) atoms. The predicted molar refractivity (Wildman–Crippen MR) is 185 cm³/mol. The lowest BCUT2D eigenvalue weighted by molar-refractivity contribution is 0.0431. The zero-order valence-electron chi connectivity index (χ0n) is 27.8. The van der Waals surface area contributed by atoms with Crippen LogP contribution in [-0.2, 0) is 17.7 Å². The van der Waals surface area contributed by atoms with Gasteiger partial charge in [-0.15, -0.1) is 0 Å². The number of rotatable bonds is 8. The predicted octanol–water partition coefficient (Wildman–Crippen LogP) is 7.13. The fourth-order valence-electron chi connectivity index (χ4n) is 7.09. The number of nitrogens with one attached hydrogen (secondary N) is 1. The minimum Gasteiger partial charge on any atom is -0.444 e. The summed E-state index contributed by atoms with van der Waals surface area (Å²) in [5, 5.41) is 3.15. The number of aromatic nitrogens is 2. The second-order valence-electron chi connectivity index (χ2n) is 13.9. The third-order valence-electron chi connectivity index (χ3n) is 9.22. The van der Waals surface area contributed by atoms with Gasteiger partial charge in [0.15, 0.2) is 5.69 Å². The molecule has 3 atom stereocenters. The molecule has 2 fully saturated rings. The van der Waals surface area contributed by atoms with Crippen LogP contribution in [0.25, 0.3) is 11.3 Å². The van der Waals surface area contributed by atoms with E-state index in [0.29, 0.717) is 12.2 Å². The summed E-state index contributed by atoms with van der Waals surface area (Å²) in [6.07, 6.45) is 5.93. The minimum absolute atomic E-state index is 0.00704. The van der Waals surface area contributed by atoms with Crippen molar-refractivity contribution in [3.05, 3.63) is 114 Å². The Morgan fingerprint density at radius 1 is 0.851 bits per heavy atom. The molecule has 0 unspecified atom stereocenters. The first-order valence-corrected chi connectivity index (χ1v) is 17.0. The lowest BCUT2D eigenvalue weighted by Crippen LogP contribution is -2.55. The van der Waals surface area contributed by atoms with Crippen LogP contribution in [0.5, 0.6) is 0 Å². The SMILES string of the molecule is CC(C)(C)OC(=O)N[C@H]1CCCC[C@@H]1n1cnc(C(=O)N2CCN(Cc3ccccc3)C[C@H]2Cc2ccccc2)c1-c1ccccc1. The highest BCUT2D eigenvalue weighted by Crippen LogP contribution is 2.35. The number of imidazole rings is 1. The van der Waals surface area contributed by atoms with Crippen molar-refractivity contribution in [2.75, 3.05) is 19.6 Å². The lowest BCUT2D eigenvalue weighted by atomic mass is 9.89. The molecule has 1 saturated heterocycles. The van der Waals surface area contributed by atoms with E-state index >= 15 is 0 Å². The van der Waals surface area contributed by atoms with Gasteiger partial charge in [0.1, 0.15) is 5.60 Å². The van der Waals surface area contributed by atoms with Crippen LogP contribution in [0.3, 0.4) is 0 Å². The summed E-state index contributed by atoms with van der Waals surface area (Å²) in [4.78, 5) is 37.0. The molecule has 4 aromatic rings. The number of benzene rings is 3. The number of nitrogens with zero attached hydrogens (tertiary/aromatic N) is 4. The van der Waals surface area contributed by atoms with Crippen LogP contribution in [0.1, 0.15) is 74.1 Å². The Labute approximate surface area is 278 Å². The molecular weight excluding hydrogens is 586 g/mol. The maximum Gasteiger partial charge on any atom is 0.407 e. The van der Waals surface area contributed by atoms with Gasteiger partial charge in [-0.25, -0.2) is 9.78 Å². The highest BCUT2D eigenvalue weighted by molar-refractivity contribution is 5.98. The molecule has 1 aliphatic heterocycles. The number of piperazine rings is 1. The van der Waals surface area contributed by atoms with Crippen LogP contribution < -0.4 is 5.32 Å². The first kappa shape index (κ1) is 32.5. The topological polar surface area (TPSA) is 79.7 Å². The fraction of sp³-hybridized carbons (Fsp3) is 0.410. The molecule has 0 bridgehead atoms. The van der Waals surface area contributed by atoms with Crippen molar-refractivity contribution >= 4 is 12.0 Å². The molecule has 1 aromatic heterocycles. The van der Waals surface area contributed by atoms with Crippen molar-refractivity contribution in [1.29, 1.82) is 0 Å². The number of carbonyl (C=O) groups is 2. The van der Waals surface area contributed by atoms with Crippen LogP contribution in [0.2, 0.25) is 0 Å². The number of carbonyl (C=O) groups excluding carboxylic acids is 2. The fourth-order valence-corrected chi connectivity index (χ4v) is 7.09. The molecule has 1 saturated carbocycles. The molecular formula is C39H47N5O3. The van der Waals surface area contributed by atoms with Crippen LogP contribution in [0, 0.1) is 0 Å². The molecule has 2 heterocycles. The summed E-state index contributed by atoms with van der Waals surface area (Å²) in [5.41, 5.74) is 4.12. The second-order valence-corrected chi connectivity index (χ2v) is 13.9. The zero-order chi connectivity index (χ0) is 32.8. The van der Waals surface area contributed by atoms with Crippen molar-refractivity contribution in [3.63, 3.8) is 0 Å². The smallest absolute Gasteiger partial charge is 0.407 e. The quantitative estimate of drug-likeness (QED) is 0.223. The molecule has 8 heteroatoms. The van der Waals surface area contributed by atoms with Gasteiger partial charge >= 0.3 is 6.09 Å². The summed E-state index contributed by atoms with van der Waals surface area (Å²) in [7, 11) is 0.